The van der Waals surface area contributed by atoms with Gasteiger partial charge in [0.15, 0.2) is 4.34 Å². The maximum Gasteiger partial charge on any atom is 0.170 e. The van der Waals surface area contributed by atoms with Crippen molar-refractivity contribution >= 4 is 23.3 Å². The number of thioether (sulfide) groups is 1. The first-order valence-corrected chi connectivity index (χ1v) is 8.69. The molecule has 1 aromatic heterocycles. The average molecular weight is 301 g/mol. The predicted molar refractivity (Wildman–Crippen MR) is 80.9 cm³/mol. The molecule has 1 aromatic rings. The van der Waals surface area contributed by atoms with Crippen molar-refractivity contribution in [2.75, 3.05) is 12.4 Å². The normalized spacial score (nSPS) is 18.5. The molecule has 0 radical (unpaired) electrons. The second kappa shape index (κ2) is 7.02. The van der Waals surface area contributed by atoms with E-state index in [9.17, 15) is 5.11 Å². The van der Waals surface area contributed by atoms with E-state index >= 15 is 0 Å². The van der Waals surface area contributed by atoms with Crippen molar-refractivity contribution < 1.29 is 5.11 Å². The Morgan fingerprint density at radius 2 is 2.26 bits per heavy atom. The van der Waals surface area contributed by atoms with Crippen molar-refractivity contribution in [3.8, 4) is 0 Å². The van der Waals surface area contributed by atoms with Gasteiger partial charge in [-0.1, -0.05) is 18.2 Å². The molecule has 1 atom stereocenters. The van der Waals surface area contributed by atoms with Crippen LogP contribution in [-0.2, 0) is 0 Å². The Labute approximate surface area is 123 Å². The lowest BCUT2D eigenvalue weighted by Crippen LogP contribution is -2.46. The summed E-state index contributed by atoms with van der Waals surface area (Å²) in [7, 11) is 0. The monoisotopic (exact) mass is 301 g/mol. The van der Waals surface area contributed by atoms with Crippen LogP contribution in [0.15, 0.2) is 4.34 Å². The largest absolute Gasteiger partial charge is 0.394 e. The number of hydrogen-bond acceptors (Lipinski definition) is 6. The highest BCUT2D eigenvalue weighted by Gasteiger charge is 2.31. The molecule has 1 saturated carbocycles. The molecule has 0 aromatic carbocycles. The highest BCUT2D eigenvalue weighted by molar-refractivity contribution is 8.00. The van der Waals surface area contributed by atoms with Crippen LogP contribution in [0.25, 0.3) is 0 Å². The summed E-state index contributed by atoms with van der Waals surface area (Å²) >= 11 is 3.27. The molecule has 1 fully saturated rings. The Bertz CT molecular complexity index is 395. The molecule has 2 N–H and O–H groups in total. The van der Waals surface area contributed by atoms with Crippen LogP contribution >= 0.6 is 23.3 Å². The molecule has 1 heterocycles. The molecule has 0 spiro atoms. The molecule has 2 rings (SSSR count). The van der Waals surface area contributed by atoms with Crippen molar-refractivity contribution in [3.05, 3.63) is 5.82 Å². The number of aliphatic hydroxyl groups excluding tert-OH is 1. The van der Waals surface area contributed by atoms with E-state index in [-0.39, 0.29) is 12.1 Å². The fraction of sp³-hybridized carbons (Fsp3) is 0.846. The molecule has 108 valence electrons. The number of rotatable bonds is 9. The van der Waals surface area contributed by atoms with Gasteiger partial charge in [0.25, 0.3) is 0 Å². The van der Waals surface area contributed by atoms with Gasteiger partial charge in [0.05, 0.1) is 6.61 Å². The van der Waals surface area contributed by atoms with Crippen LogP contribution in [-0.4, -0.2) is 38.4 Å². The minimum absolute atomic E-state index is 0.0921. The van der Waals surface area contributed by atoms with E-state index in [4.69, 9.17) is 0 Å². The van der Waals surface area contributed by atoms with Crippen LogP contribution in [0.5, 0.6) is 0 Å². The van der Waals surface area contributed by atoms with E-state index in [0.29, 0.717) is 6.04 Å². The molecule has 6 heteroatoms. The minimum Gasteiger partial charge on any atom is -0.394 e. The lowest BCUT2D eigenvalue weighted by Gasteiger charge is -2.29. The van der Waals surface area contributed by atoms with Gasteiger partial charge in [-0.25, -0.2) is 4.98 Å². The molecular formula is C13H23N3OS2. The second-order valence-corrected chi connectivity index (χ2v) is 7.64. The summed E-state index contributed by atoms with van der Waals surface area (Å²) in [4.78, 5) is 4.34. The van der Waals surface area contributed by atoms with Gasteiger partial charge in [-0.2, -0.15) is 4.37 Å². The number of hydrogen-bond donors (Lipinski definition) is 2. The Morgan fingerprint density at radius 1 is 1.47 bits per heavy atom. The van der Waals surface area contributed by atoms with Crippen LogP contribution in [0.1, 0.15) is 44.9 Å². The SMILES string of the molecule is Cc1nsc(SCCCCC(C)(CO)NC2CC2)n1. The van der Waals surface area contributed by atoms with Crippen LogP contribution in [0.2, 0.25) is 0 Å². The number of aromatic nitrogens is 2. The van der Waals surface area contributed by atoms with E-state index in [2.05, 4.69) is 21.6 Å². The third kappa shape index (κ3) is 5.38. The topological polar surface area (TPSA) is 58.0 Å². The maximum absolute atomic E-state index is 9.51. The molecule has 19 heavy (non-hydrogen) atoms. The van der Waals surface area contributed by atoms with Gasteiger partial charge in [-0.05, 0) is 51.1 Å². The zero-order valence-electron chi connectivity index (χ0n) is 11.7. The quantitative estimate of drug-likeness (QED) is 0.542. The summed E-state index contributed by atoms with van der Waals surface area (Å²) < 4.78 is 5.24. The molecule has 0 bridgehead atoms. The van der Waals surface area contributed by atoms with Gasteiger partial charge in [0.2, 0.25) is 0 Å². The lowest BCUT2D eigenvalue weighted by atomic mass is 9.96. The van der Waals surface area contributed by atoms with E-state index in [0.717, 1.165) is 35.2 Å². The summed E-state index contributed by atoms with van der Waals surface area (Å²) in [6.07, 6.45) is 5.87. The summed E-state index contributed by atoms with van der Waals surface area (Å²) in [5.41, 5.74) is -0.0921. The molecule has 0 aliphatic heterocycles. The first-order chi connectivity index (χ1) is 9.11. The van der Waals surface area contributed by atoms with Crippen molar-refractivity contribution in [2.24, 2.45) is 0 Å². The van der Waals surface area contributed by atoms with Crippen molar-refractivity contribution in [1.82, 2.24) is 14.7 Å². The first kappa shape index (κ1) is 15.2. The zero-order chi connectivity index (χ0) is 13.7. The van der Waals surface area contributed by atoms with E-state index < -0.39 is 0 Å². The van der Waals surface area contributed by atoms with Gasteiger partial charge < -0.3 is 10.4 Å². The first-order valence-electron chi connectivity index (χ1n) is 6.93. The Kier molecular flexibility index (Phi) is 5.62. The highest BCUT2D eigenvalue weighted by atomic mass is 32.2. The number of nitrogens with zero attached hydrogens (tertiary/aromatic N) is 2. The van der Waals surface area contributed by atoms with Crippen LogP contribution in [0, 0.1) is 6.92 Å². The molecular weight excluding hydrogens is 278 g/mol. The van der Waals surface area contributed by atoms with Gasteiger partial charge in [-0.15, -0.1) is 0 Å². The maximum atomic E-state index is 9.51. The van der Waals surface area contributed by atoms with E-state index in [1.807, 2.05) is 6.92 Å². The highest BCUT2D eigenvalue weighted by Crippen LogP contribution is 2.26. The van der Waals surface area contributed by atoms with Crippen LogP contribution in [0.3, 0.4) is 0 Å². The van der Waals surface area contributed by atoms with Crippen LogP contribution < -0.4 is 5.32 Å². The Balaban J connectivity index is 1.59. The smallest absolute Gasteiger partial charge is 0.170 e. The van der Waals surface area contributed by atoms with Crippen LogP contribution in [0.4, 0.5) is 0 Å². The van der Waals surface area contributed by atoms with E-state index in [1.165, 1.54) is 24.4 Å². The number of unbranched alkanes of at least 4 members (excludes halogenated alkanes) is 1. The standard InChI is InChI=1S/C13H23N3OS2/c1-10-14-12(19-16-10)18-8-4-3-7-13(2,9-17)15-11-5-6-11/h11,15,17H,3-9H2,1-2H3. The summed E-state index contributed by atoms with van der Waals surface area (Å²) in [6.45, 7) is 4.29. The molecule has 1 aliphatic carbocycles. The third-order valence-corrected chi connectivity index (χ3v) is 5.35. The van der Waals surface area contributed by atoms with E-state index in [1.54, 1.807) is 11.8 Å². The van der Waals surface area contributed by atoms with Crippen molar-refractivity contribution in [1.29, 1.82) is 0 Å². The molecule has 4 nitrogen and oxygen atoms in total. The number of nitrogens with one attached hydrogen (secondary N) is 1. The third-order valence-electron chi connectivity index (χ3n) is 3.34. The minimum atomic E-state index is -0.0921. The van der Waals surface area contributed by atoms with Gasteiger partial charge in [0.1, 0.15) is 5.82 Å². The zero-order valence-corrected chi connectivity index (χ0v) is 13.3. The predicted octanol–water partition coefficient (Wildman–Crippen LogP) is 2.61. The Morgan fingerprint density at radius 3 is 2.84 bits per heavy atom. The van der Waals surface area contributed by atoms with Crippen molar-refractivity contribution in [2.45, 2.75) is 61.9 Å². The molecule has 0 saturated heterocycles. The van der Waals surface area contributed by atoms with Gasteiger partial charge in [-0.3, -0.25) is 0 Å². The van der Waals surface area contributed by atoms with Gasteiger partial charge >= 0.3 is 0 Å². The Hall–Kier alpha value is -0.170. The lowest BCUT2D eigenvalue weighted by molar-refractivity contribution is 0.161. The number of aryl methyl sites for hydroxylation is 1. The summed E-state index contributed by atoms with van der Waals surface area (Å²) in [6, 6.07) is 0.649. The van der Waals surface area contributed by atoms with Crippen molar-refractivity contribution in [3.63, 3.8) is 0 Å². The average Bonchev–Trinajstić information content (AvgIpc) is 3.09. The summed E-state index contributed by atoms with van der Waals surface area (Å²) in [5.74, 6) is 1.95. The molecule has 0 amide bonds. The second-order valence-electron chi connectivity index (χ2n) is 5.55. The fourth-order valence-electron chi connectivity index (χ4n) is 2.03. The fourth-order valence-corrected chi connectivity index (χ4v) is 3.75. The number of aliphatic hydroxyl groups is 1. The van der Waals surface area contributed by atoms with Gasteiger partial charge in [0, 0.05) is 17.3 Å². The molecule has 1 unspecified atom stereocenters. The molecule has 1 aliphatic rings. The summed E-state index contributed by atoms with van der Waals surface area (Å²) in [5, 5.41) is 13.1.